The molecule has 1 aromatic rings. The van der Waals surface area contributed by atoms with E-state index in [1.165, 1.54) is 18.9 Å². The summed E-state index contributed by atoms with van der Waals surface area (Å²) in [6, 6.07) is 7.03. The maximum atomic E-state index is 13.1. The van der Waals surface area contributed by atoms with Crippen molar-refractivity contribution in [3.05, 3.63) is 35.9 Å². The Morgan fingerprint density at radius 2 is 1.89 bits per heavy atom. The van der Waals surface area contributed by atoms with Crippen LogP contribution in [0.3, 0.4) is 0 Å². The minimum Gasteiger partial charge on any atom is -0.480 e. The number of hydrogen-bond acceptors (Lipinski definition) is 6. The van der Waals surface area contributed by atoms with Gasteiger partial charge < -0.3 is 14.7 Å². The van der Waals surface area contributed by atoms with Gasteiger partial charge in [0, 0.05) is 18.6 Å². The molecule has 1 saturated heterocycles. The van der Waals surface area contributed by atoms with Crippen LogP contribution in [0.2, 0.25) is 0 Å². The number of benzene rings is 1. The number of ether oxygens (including phenoxy) is 1. The number of nitrogens with zero attached hydrogens (tertiary/aromatic N) is 1. The van der Waals surface area contributed by atoms with Crippen molar-refractivity contribution in [3.63, 3.8) is 0 Å². The number of aliphatic carboxylic acids is 1. The van der Waals surface area contributed by atoms with Crippen LogP contribution in [0, 0.1) is 11.8 Å². The van der Waals surface area contributed by atoms with Crippen LogP contribution in [0.15, 0.2) is 30.3 Å². The predicted molar refractivity (Wildman–Crippen MR) is 99.9 cm³/mol. The van der Waals surface area contributed by atoms with E-state index in [1.54, 1.807) is 37.3 Å². The number of carbonyl (C=O) groups excluding carboxylic acids is 3. The van der Waals surface area contributed by atoms with Gasteiger partial charge in [-0.05, 0) is 12.0 Å². The van der Waals surface area contributed by atoms with Gasteiger partial charge in [-0.15, -0.1) is 0 Å². The molecule has 1 N–H and O–H groups in total. The minimum atomic E-state index is -1.16. The van der Waals surface area contributed by atoms with Crippen LogP contribution in [0.4, 0.5) is 0 Å². The summed E-state index contributed by atoms with van der Waals surface area (Å²) in [5.74, 6) is -3.19. The molecule has 1 fully saturated rings. The number of carboxylic acid groups (broad SMARTS) is 1. The Kier molecular flexibility index (Phi) is 7.01. The summed E-state index contributed by atoms with van der Waals surface area (Å²) >= 11 is 1.02. The zero-order chi connectivity index (χ0) is 20.1. The van der Waals surface area contributed by atoms with Crippen molar-refractivity contribution >= 4 is 34.7 Å². The van der Waals surface area contributed by atoms with Gasteiger partial charge in [-0.3, -0.25) is 14.4 Å². The van der Waals surface area contributed by atoms with Crippen LogP contribution in [0.1, 0.15) is 31.9 Å². The SMILES string of the molecule is COC(=O)[C@H]1C[C@@H](C(=O)O)N(C(=O)C(C)CSC(C)=O)[C@H]1c1ccccc1. The largest absolute Gasteiger partial charge is 0.480 e. The molecule has 2 rings (SSSR count). The lowest BCUT2D eigenvalue weighted by Gasteiger charge is -2.32. The standard InChI is InChI=1S/C19H23NO6S/c1-11(10-27-12(2)21)17(22)20-15(18(23)24)9-14(19(25)26-3)16(20)13-7-5-4-6-8-13/h4-8,11,14-16H,9-10H2,1-3H3,(H,23,24)/t11?,14-,15-,16-/m0/s1. The fourth-order valence-corrected chi connectivity index (χ4v) is 4.00. The van der Waals surface area contributed by atoms with Crippen molar-refractivity contribution in [1.29, 1.82) is 0 Å². The first kappa shape index (κ1) is 21.0. The third-order valence-corrected chi connectivity index (χ3v) is 5.71. The number of rotatable bonds is 6. The van der Waals surface area contributed by atoms with Gasteiger partial charge in [0.05, 0.1) is 19.1 Å². The number of thioether (sulfide) groups is 1. The molecular weight excluding hydrogens is 370 g/mol. The molecule has 7 nitrogen and oxygen atoms in total. The quantitative estimate of drug-likeness (QED) is 0.739. The van der Waals surface area contributed by atoms with Gasteiger partial charge in [-0.2, -0.15) is 0 Å². The number of carbonyl (C=O) groups is 4. The maximum absolute atomic E-state index is 13.1. The molecule has 27 heavy (non-hydrogen) atoms. The van der Waals surface area contributed by atoms with Gasteiger partial charge in [-0.25, -0.2) is 4.79 Å². The molecule has 0 spiro atoms. The zero-order valence-corrected chi connectivity index (χ0v) is 16.3. The molecule has 1 aliphatic heterocycles. The highest BCUT2D eigenvalue weighted by Crippen LogP contribution is 2.42. The average molecular weight is 393 g/mol. The lowest BCUT2D eigenvalue weighted by atomic mass is 9.93. The number of hydrogen-bond donors (Lipinski definition) is 1. The summed E-state index contributed by atoms with van der Waals surface area (Å²) in [5.41, 5.74) is 0.677. The average Bonchev–Trinajstić information content (AvgIpc) is 3.06. The molecule has 1 unspecified atom stereocenters. The highest BCUT2D eigenvalue weighted by atomic mass is 32.2. The van der Waals surface area contributed by atoms with E-state index in [0.717, 1.165) is 11.8 Å². The third-order valence-electron chi connectivity index (χ3n) is 4.64. The van der Waals surface area contributed by atoms with E-state index in [0.29, 0.717) is 5.56 Å². The van der Waals surface area contributed by atoms with E-state index >= 15 is 0 Å². The highest BCUT2D eigenvalue weighted by molar-refractivity contribution is 8.13. The van der Waals surface area contributed by atoms with E-state index in [-0.39, 0.29) is 17.3 Å². The van der Waals surface area contributed by atoms with Crippen molar-refractivity contribution in [3.8, 4) is 0 Å². The third kappa shape index (κ3) is 4.68. The monoisotopic (exact) mass is 393 g/mol. The second kappa shape index (κ2) is 9.03. The van der Waals surface area contributed by atoms with Gasteiger partial charge >= 0.3 is 11.9 Å². The lowest BCUT2D eigenvalue weighted by Crippen LogP contribution is -2.45. The van der Waals surface area contributed by atoms with Crippen molar-refractivity contribution in [2.24, 2.45) is 11.8 Å². The molecule has 0 saturated carbocycles. The van der Waals surface area contributed by atoms with E-state index in [2.05, 4.69) is 0 Å². The van der Waals surface area contributed by atoms with Crippen molar-refractivity contribution in [2.45, 2.75) is 32.4 Å². The summed E-state index contributed by atoms with van der Waals surface area (Å²) in [6.07, 6.45) is -0.0140. The highest BCUT2D eigenvalue weighted by Gasteiger charge is 2.51. The van der Waals surface area contributed by atoms with Crippen LogP contribution in [0.25, 0.3) is 0 Å². The number of likely N-dealkylation sites (tertiary alicyclic amines) is 1. The molecular formula is C19H23NO6S. The van der Waals surface area contributed by atoms with Crippen LogP contribution >= 0.6 is 11.8 Å². The van der Waals surface area contributed by atoms with Crippen LogP contribution < -0.4 is 0 Å². The minimum absolute atomic E-state index is 0.0140. The molecule has 0 radical (unpaired) electrons. The van der Waals surface area contributed by atoms with Gasteiger partial charge in [-0.1, -0.05) is 49.0 Å². The first-order valence-electron chi connectivity index (χ1n) is 8.59. The molecule has 4 atom stereocenters. The molecule has 146 valence electrons. The van der Waals surface area contributed by atoms with Gasteiger partial charge in [0.2, 0.25) is 5.91 Å². The van der Waals surface area contributed by atoms with Gasteiger partial charge in [0.15, 0.2) is 5.12 Å². The van der Waals surface area contributed by atoms with E-state index in [1.807, 2.05) is 0 Å². The second-order valence-corrected chi connectivity index (χ2v) is 7.72. The summed E-state index contributed by atoms with van der Waals surface area (Å²) < 4.78 is 4.86. The van der Waals surface area contributed by atoms with E-state index < -0.39 is 41.8 Å². The normalized spacial score (nSPS) is 22.9. The summed E-state index contributed by atoms with van der Waals surface area (Å²) in [5, 5.41) is 9.55. The Morgan fingerprint density at radius 3 is 2.41 bits per heavy atom. The maximum Gasteiger partial charge on any atom is 0.326 e. The zero-order valence-electron chi connectivity index (χ0n) is 15.5. The van der Waals surface area contributed by atoms with E-state index in [4.69, 9.17) is 4.74 Å². The Morgan fingerprint density at radius 1 is 1.26 bits per heavy atom. The Hall–Kier alpha value is -2.35. The Bertz CT molecular complexity index is 722. The van der Waals surface area contributed by atoms with E-state index in [9.17, 15) is 24.3 Å². The van der Waals surface area contributed by atoms with Gasteiger partial charge in [0.1, 0.15) is 6.04 Å². The second-order valence-electron chi connectivity index (χ2n) is 6.52. The number of carboxylic acids is 1. The fourth-order valence-electron chi connectivity index (χ4n) is 3.37. The van der Waals surface area contributed by atoms with Gasteiger partial charge in [0.25, 0.3) is 0 Å². The molecule has 0 bridgehead atoms. The first-order chi connectivity index (χ1) is 12.8. The molecule has 1 amide bonds. The van der Waals surface area contributed by atoms with Crippen molar-refractivity contribution in [2.75, 3.05) is 12.9 Å². The number of amides is 1. The Labute approximate surface area is 162 Å². The molecule has 8 heteroatoms. The lowest BCUT2D eigenvalue weighted by molar-refractivity contribution is -0.152. The summed E-state index contributed by atoms with van der Waals surface area (Å²) in [4.78, 5) is 49.7. The topological polar surface area (TPSA) is 101 Å². The number of methoxy groups -OCH3 is 1. The predicted octanol–water partition coefficient (Wildman–Crippen LogP) is 2.12. The number of esters is 1. The summed E-state index contributed by atoms with van der Waals surface area (Å²) in [7, 11) is 1.25. The first-order valence-corrected chi connectivity index (χ1v) is 9.57. The molecule has 1 aliphatic rings. The summed E-state index contributed by atoms with van der Waals surface area (Å²) in [6.45, 7) is 3.07. The van der Waals surface area contributed by atoms with Crippen molar-refractivity contribution < 1.29 is 29.0 Å². The Balaban J connectivity index is 2.43. The molecule has 0 aliphatic carbocycles. The smallest absolute Gasteiger partial charge is 0.326 e. The fraction of sp³-hybridized carbons (Fsp3) is 0.474. The van der Waals surface area contributed by atoms with Crippen LogP contribution in [0.5, 0.6) is 0 Å². The molecule has 1 aromatic carbocycles. The van der Waals surface area contributed by atoms with Crippen LogP contribution in [-0.4, -0.2) is 51.9 Å². The molecule has 1 heterocycles. The van der Waals surface area contributed by atoms with Crippen LogP contribution in [-0.2, 0) is 23.9 Å². The molecule has 0 aromatic heterocycles. The van der Waals surface area contributed by atoms with Crippen molar-refractivity contribution in [1.82, 2.24) is 4.90 Å².